The number of carbonyl (C=O) groups excluding carboxylic acids is 1. The van der Waals surface area contributed by atoms with Crippen LogP contribution in [0.1, 0.15) is 37.3 Å². The van der Waals surface area contributed by atoms with Crippen LogP contribution < -0.4 is 0 Å². The Kier molecular flexibility index (Phi) is 3.80. The molecule has 2 unspecified atom stereocenters. The Hall–Kier alpha value is -1.52. The van der Waals surface area contributed by atoms with Gasteiger partial charge in [-0.25, -0.2) is 0 Å². The van der Waals surface area contributed by atoms with Crippen molar-refractivity contribution >= 4 is 5.91 Å². The van der Waals surface area contributed by atoms with Gasteiger partial charge < -0.3 is 4.90 Å². The summed E-state index contributed by atoms with van der Waals surface area (Å²) < 4.78 is 38.9. The summed E-state index contributed by atoms with van der Waals surface area (Å²) in [6, 6.07) is 5.60. The summed E-state index contributed by atoms with van der Waals surface area (Å²) in [7, 11) is 1.69. The van der Waals surface area contributed by atoms with E-state index in [9.17, 15) is 18.0 Å². The minimum absolute atomic E-state index is 0.0570. The number of alkyl halides is 3. The van der Waals surface area contributed by atoms with E-state index >= 15 is 0 Å². The van der Waals surface area contributed by atoms with Crippen molar-refractivity contribution in [2.75, 3.05) is 7.05 Å². The first-order valence-corrected chi connectivity index (χ1v) is 6.66. The number of hydrogen-bond donors (Lipinski definition) is 0. The van der Waals surface area contributed by atoms with Crippen LogP contribution in [-0.2, 0) is 11.0 Å². The first-order chi connectivity index (χ1) is 9.23. The summed E-state index contributed by atoms with van der Waals surface area (Å²) >= 11 is 0. The fourth-order valence-electron chi connectivity index (χ4n) is 2.41. The van der Waals surface area contributed by atoms with E-state index < -0.39 is 11.7 Å². The predicted molar refractivity (Wildman–Crippen MR) is 70.2 cm³/mol. The van der Waals surface area contributed by atoms with Gasteiger partial charge in [0.25, 0.3) is 0 Å². The van der Waals surface area contributed by atoms with Gasteiger partial charge in [0.1, 0.15) is 0 Å². The number of hydrogen-bond acceptors (Lipinski definition) is 1. The first-order valence-electron chi connectivity index (χ1n) is 6.66. The van der Waals surface area contributed by atoms with Crippen molar-refractivity contribution in [3.8, 4) is 0 Å². The van der Waals surface area contributed by atoms with Crippen LogP contribution in [0.25, 0.3) is 0 Å². The maximum absolute atomic E-state index is 13.0. The lowest BCUT2D eigenvalue weighted by atomic mass is 10.0. The Balaban J connectivity index is 2.19. The molecular weight excluding hydrogens is 267 g/mol. The highest BCUT2D eigenvalue weighted by Gasteiger charge is 2.48. The maximum Gasteiger partial charge on any atom is 0.416 e. The van der Waals surface area contributed by atoms with E-state index in [2.05, 4.69) is 0 Å². The summed E-state index contributed by atoms with van der Waals surface area (Å²) in [5.41, 5.74) is -0.372. The van der Waals surface area contributed by atoms with Crippen molar-refractivity contribution in [2.24, 2.45) is 5.92 Å². The monoisotopic (exact) mass is 285 g/mol. The van der Waals surface area contributed by atoms with E-state index in [1.54, 1.807) is 18.0 Å². The largest absolute Gasteiger partial charge is 0.416 e. The van der Waals surface area contributed by atoms with Crippen LogP contribution in [0.4, 0.5) is 13.2 Å². The van der Waals surface area contributed by atoms with Gasteiger partial charge in [-0.05, 0) is 37.8 Å². The standard InChI is InChI=1S/C15H18F3NO/c1-9(2)19(3)14(20)12-8-11(12)10-6-4-5-7-13(10)15(16,17)18/h4-7,9,11-12H,8H2,1-3H3. The van der Waals surface area contributed by atoms with E-state index in [0.29, 0.717) is 6.42 Å². The molecule has 0 aromatic heterocycles. The lowest BCUT2D eigenvalue weighted by Crippen LogP contribution is -2.34. The molecule has 0 N–H and O–H groups in total. The summed E-state index contributed by atoms with van der Waals surface area (Å²) in [6.07, 6.45) is -3.86. The highest BCUT2D eigenvalue weighted by atomic mass is 19.4. The molecule has 110 valence electrons. The minimum Gasteiger partial charge on any atom is -0.343 e. The van der Waals surface area contributed by atoms with E-state index in [4.69, 9.17) is 0 Å². The van der Waals surface area contributed by atoms with Gasteiger partial charge in [0, 0.05) is 19.0 Å². The van der Waals surface area contributed by atoms with Crippen molar-refractivity contribution in [3.63, 3.8) is 0 Å². The van der Waals surface area contributed by atoms with Crippen LogP contribution in [0.5, 0.6) is 0 Å². The summed E-state index contributed by atoms with van der Waals surface area (Å²) in [6.45, 7) is 3.78. The Morgan fingerprint density at radius 3 is 2.45 bits per heavy atom. The lowest BCUT2D eigenvalue weighted by molar-refractivity contribution is -0.138. The van der Waals surface area contributed by atoms with E-state index in [0.717, 1.165) is 6.07 Å². The normalized spacial score (nSPS) is 21.9. The van der Waals surface area contributed by atoms with Crippen molar-refractivity contribution in [2.45, 2.75) is 38.4 Å². The van der Waals surface area contributed by atoms with Crippen LogP contribution in [0.3, 0.4) is 0 Å². The molecule has 2 atom stereocenters. The van der Waals surface area contributed by atoms with Crippen molar-refractivity contribution in [1.29, 1.82) is 0 Å². The highest BCUT2D eigenvalue weighted by Crippen LogP contribution is 2.51. The molecule has 2 nitrogen and oxygen atoms in total. The van der Waals surface area contributed by atoms with Gasteiger partial charge in [-0.15, -0.1) is 0 Å². The molecule has 1 aromatic rings. The fourth-order valence-corrected chi connectivity index (χ4v) is 2.41. The fraction of sp³-hybridized carbons (Fsp3) is 0.533. The third kappa shape index (κ3) is 2.81. The second kappa shape index (κ2) is 5.11. The Morgan fingerprint density at radius 2 is 1.90 bits per heavy atom. The zero-order chi connectivity index (χ0) is 15.1. The SMILES string of the molecule is CC(C)N(C)C(=O)C1CC1c1ccccc1C(F)(F)F. The molecule has 0 bridgehead atoms. The van der Waals surface area contributed by atoms with Crippen molar-refractivity contribution < 1.29 is 18.0 Å². The smallest absolute Gasteiger partial charge is 0.343 e. The maximum atomic E-state index is 13.0. The minimum atomic E-state index is -4.36. The van der Waals surface area contributed by atoms with Crippen molar-refractivity contribution in [3.05, 3.63) is 35.4 Å². The molecular formula is C15H18F3NO. The van der Waals surface area contributed by atoms with Crippen LogP contribution >= 0.6 is 0 Å². The molecule has 1 amide bonds. The molecule has 0 spiro atoms. The molecule has 1 aliphatic carbocycles. The molecule has 20 heavy (non-hydrogen) atoms. The van der Waals surface area contributed by atoms with E-state index in [1.807, 2.05) is 13.8 Å². The zero-order valence-electron chi connectivity index (χ0n) is 11.7. The average Bonchev–Trinajstić information content (AvgIpc) is 3.16. The number of carbonyl (C=O) groups is 1. The molecule has 5 heteroatoms. The lowest BCUT2D eigenvalue weighted by Gasteiger charge is -2.21. The van der Waals surface area contributed by atoms with Crippen LogP contribution in [0.2, 0.25) is 0 Å². The summed E-state index contributed by atoms with van der Waals surface area (Å²) in [5.74, 6) is -0.686. The number of amides is 1. The molecule has 1 aliphatic rings. The third-order valence-electron chi connectivity index (χ3n) is 3.90. The predicted octanol–water partition coefficient (Wildman–Crippen LogP) is 3.68. The van der Waals surface area contributed by atoms with E-state index in [-0.39, 0.29) is 29.3 Å². The molecule has 0 heterocycles. The first kappa shape index (κ1) is 14.9. The number of halogens is 3. The second-order valence-electron chi connectivity index (χ2n) is 5.58. The van der Waals surface area contributed by atoms with Gasteiger partial charge in [-0.1, -0.05) is 18.2 Å². The van der Waals surface area contributed by atoms with Gasteiger partial charge in [-0.2, -0.15) is 13.2 Å². The Bertz CT molecular complexity index is 510. The second-order valence-corrected chi connectivity index (χ2v) is 5.58. The third-order valence-corrected chi connectivity index (χ3v) is 3.90. The molecule has 1 saturated carbocycles. The van der Waals surface area contributed by atoms with Crippen LogP contribution in [-0.4, -0.2) is 23.9 Å². The molecule has 1 fully saturated rings. The zero-order valence-corrected chi connectivity index (χ0v) is 11.7. The van der Waals surface area contributed by atoms with Crippen LogP contribution in [0.15, 0.2) is 24.3 Å². The number of nitrogens with zero attached hydrogens (tertiary/aromatic N) is 1. The Morgan fingerprint density at radius 1 is 1.30 bits per heavy atom. The number of rotatable bonds is 3. The van der Waals surface area contributed by atoms with E-state index in [1.165, 1.54) is 12.1 Å². The van der Waals surface area contributed by atoms with Gasteiger partial charge in [0.15, 0.2) is 0 Å². The Labute approximate surface area is 116 Å². The molecule has 0 radical (unpaired) electrons. The highest BCUT2D eigenvalue weighted by molar-refractivity contribution is 5.83. The number of benzene rings is 1. The summed E-state index contributed by atoms with van der Waals surface area (Å²) in [5, 5.41) is 0. The average molecular weight is 285 g/mol. The van der Waals surface area contributed by atoms with Crippen LogP contribution in [0, 0.1) is 5.92 Å². The molecule has 0 saturated heterocycles. The van der Waals surface area contributed by atoms with Gasteiger partial charge in [0.05, 0.1) is 5.56 Å². The van der Waals surface area contributed by atoms with Gasteiger partial charge in [0.2, 0.25) is 5.91 Å². The summed E-state index contributed by atoms with van der Waals surface area (Å²) in [4.78, 5) is 13.7. The molecule has 2 rings (SSSR count). The van der Waals surface area contributed by atoms with Crippen molar-refractivity contribution in [1.82, 2.24) is 4.90 Å². The van der Waals surface area contributed by atoms with Gasteiger partial charge in [-0.3, -0.25) is 4.79 Å². The van der Waals surface area contributed by atoms with Gasteiger partial charge >= 0.3 is 6.18 Å². The molecule has 0 aliphatic heterocycles. The topological polar surface area (TPSA) is 20.3 Å². The quantitative estimate of drug-likeness (QED) is 0.829. The molecule has 1 aromatic carbocycles.